The van der Waals surface area contributed by atoms with E-state index in [2.05, 4.69) is 15.6 Å². The molecule has 4 nitrogen and oxygen atoms in total. The predicted molar refractivity (Wildman–Crippen MR) is 90.2 cm³/mol. The van der Waals surface area contributed by atoms with Crippen LogP contribution in [0.3, 0.4) is 0 Å². The maximum atomic E-state index is 13.3. The van der Waals surface area contributed by atoms with Crippen molar-refractivity contribution in [3.63, 3.8) is 0 Å². The summed E-state index contributed by atoms with van der Waals surface area (Å²) >= 11 is 0. The third-order valence-corrected chi connectivity index (χ3v) is 3.69. The van der Waals surface area contributed by atoms with Crippen molar-refractivity contribution >= 4 is 22.6 Å². The van der Waals surface area contributed by atoms with Crippen molar-refractivity contribution in [3.8, 4) is 0 Å². The number of amides is 2. The van der Waals surface area contributed by atoms with Gasteiger partial charge in [-0.05, 0) is 54.8 Å². The number of H-pyrrole nitrogens is 1. The molecule has 5 heteroatoms. The molecular formula is C18H18FN3O. The second-order valence-corrected chi connectivity index (χ2v) is 5.50. The van der Waals surface area contributed by atoms with Crippen LogP contribution < -0.4 is 10.6 Å². The number of anilines is 1. The van der Waals surface area contributed by atoms with Crippen LogP contribution in [-0.2, 0) is 6.42 Å². The van der Waals surface area contributed by atoms with Crippen molar-refractivity contribution in [2.24, 2.45) is 0 Å². The highest BCUT2D eigenvalue weighted by molar-refractivity contribution is 5.89. The van der Waals surface area contributed by atoms with Crippen LogP contribution >= 0.6 is 0 Å². The number of fused-ring (bicyclic) bond motifs is 1. The number of rotatable bonds is 4. The van der Waals surface area contributed by atoms with Crippen molar-refractivity contribution in [3.05, 3.63) is 65.6 Å². The van der Waals surface area contributed by atoms with Gasteiger partial charge in [0.1, 0.15) is 5.82 Å². The number of aromatic nitrogens is 1. The number of nitrogens with one attached hydrogen (secondary N) is 3. The molecule has 0 aliphatic carbocycles. The highest BCUT2D eigenvalue weighted by atomic mass is 19.1. The van der Waals surface area contributed by atoms with Crippen molar-refractivity contribution in [2.75, 3.05) is 11.9 Å². The first-order chi connectivity index (χ1) is 11.1. The highest BCUT2D eigenvalue weighted by Crippen LogP contribution is 2.19. The van der Waals surface area contributed by atoms with Crippen LogP contribution in [0.15, 0.2) is 48.7 Å². The molecule has 1 heterocycles. The smallest absolute Gasteiger partial charge is 0.319 e. The van der Waals surface area contributed by atoms with Crippen LogP contribution in [0.2, 0.25) is 0 Å². The van der Waals surface area contributed by atoms with Crippen LogP contribution in [0.4, 0.5) is 14.9 Å². The molecule has 3 rings (SSSR count). The second kappa shape index (κ2) is 6.52. The first kappa shape index (κ1) is 15.1. The fourth-order valence-corrected chi connectivity index (χ4v) is 2.57. The second-order valence-electron chi connectivity index (χ2n) is 5.50. The fraction of sp³-hybridized carbons (Fsp3) is 0.167. The third kappa shape index (κ3) is 3.69. The van der Waals surface area contributed by atoms with Gasteiger partial charge < -0.3 is 15.6 Å². The Labute approximate surface area is 133 Å². The van der Waals surface area contributed by atoms with Gasteiger partial charge in [0.05, 0.1) is 0 Å². The van der Waals surface area contributed by atoms with Gasteiger partial charge in [-0.15, -0.1) is 0 Å². The van der Waals surface area contributed by atoms with E-state index in [1.807, 2.05) is 37.4 Å². The number of urea groups is 1. The minimum Gasteiger partial charge on any atom is -0.361 e. The average molecular weight is 311 g/mol. The summed E-state index contributed by atoms with van der Waals surface area (Å²) in [6, 6.07) is 12.0. The molecule has 0 aliphatic heterocycles. The van der Waals surface area contributed by atoms with Crippen molar-refractivity contribution in [1.29, 1.82) is 0 Å². The fourth-order valence-electron chi connectivity index (χ4n) is 2.57. The van der Waals surface area contributed by atoms with Gasteiger partial charge in [0.25, 0.3) is 0 Å². The molecule has 0 spiro atoms. The summed E-state index contributed by atoms with van der Waals surface area (Å²) in [6.07, 6.45) is 2.48. The molecule has 0 fully saturated rings. The number of hydrogen-bond acceptors (Lipinski definition) is 1. The normalized spacial score (nSPS) is 10.7. The number of carbonyl (C=O) groups excluding carboxylic acids is 1. The summed E-state index contributed by atoms with van der Waals surface area (Å²) in [4.78, 5) is 15.0. The van der Waals surface area contributed by atoms with E-state index >= 15 is 0 Å². The van der Waals surface area contributed by atoms with Gasteiger partial charge in [0.15, 0.2) is 0 Å². The molecule has 0 saturated carbocycles. The van der Waals surface area contributed by atoms with Crippen molar-refractivity contribution in [2.45, 2.75) is 13.3 Å². The Morgan fingerprint density at radius 1 is 1.22 bits per heavy atom. The lowest BCUT2D eigenvalue weighted by Crippen LogP contribution is -2.30. The molecule has 118 valence electrons. The maximum absolute atomic E-state index is 13.3. The van der Waals surface area contributed by atoms with E-state index < -0.39 is 0 Å². The molecular weight excluding hydrogens is 293 g/mol. The minimum atomic E-state index is -0.261. The zero-order valence-electron chi connectivity index (χ0n) is 12.8. The standard InChI is InChI=1S/C18H18FN3O/c1-12-3-2-4-15(9-12)22-18(23)20-8-7-13-11-21-17-6-5-14(19)10-16(13)17/h2-6,9-11,21H,7-8H2,1H3,(H2,20,22,23). The molecule has 0 saturated heterocycles. The first-order valence-electron chi connectivity index (χ1n) is 7.49. The Morgan fingerprint density at radius 3 is 2.91 bits per heavy atom. The molecule has 0 unspecified atom stereocenters. The lowest BCUT2D eigenvalue weighted by molar-refractivity contribution is 0.252. The molecule has 1 aromatic heterocycles. The zero-order valence-corrected chi connectivity index (χ0v) is 12.8. The Hall–Kier alpha value is -2.82. The van der Waals surface area contributed by atoms with E-state index in [1.54, 1.807) is 6.07 Å². The van der Waals surface area contributed by atoms with Gasteiger partial charge in [-0.3, -0.25) is 0 Å². The van der Waals surface area contributed by atoms with E-state index in [4.69, 9.17) is 0 Å². The van der Waals surface area contributed by atoms with E-state index in [1.165, 1.54) is 12.1 Å². The van der Waals surface area contributed by atoms with Gasteiger partial charge in [-0.25, -0.2) is 9.18 Å². The predicted octanol–water partition coefficient (Wildman–Crippen LogP) is 3.98. The number of halogens is 1. The van der Waals surface area contributed by atoms with Gasteiger partial charge in [-0.1, -0.05) is 12.1 Å². The average Bonchev–Trinajstić information content (AvgIpc) is 2.90. The Balaban J connectivity index is 1.56. The zero-order chi connectivity index (χ0) is 16.2. The largest absolute Gasteiger partial charge is 0.361 e. The van der Waals surface area contributed by atoms with Gasteiger partial charge in [-0.2, -0.15) is 0 Å². The summed E-state index contributed by atoms with van der Waals surface area (Å²) in [5.74, 6) is -0.261. The Morgan fingerprint density at radius 2 is 2.09 bits per heavy atom. The molecule has 0 atom stereocenters. The van der Waals surface area contributed by atoms with Crippen LogP contribution in [-0.4, -0.2) is 17.6 Å². The number of aromatic amines is 1. The highest BCUT2D eigenvalue weighted by Gasteiger charge is 2.06. The van der Waals surface area contributed by atoms with Crippen LogP contribution in [0.1, 0.15) is 11.1 Å². The van der Waals surface area contributed by atoms with Gasteiger partial charge >= 0.3 is 6.03 Å². The van der Waals surface area contributed by atoms with Crippen LogP contribution in [0, 0.1) is 12.7 Å². The maximum Gasteiger partial charge on any atom is 0.319 e. The lowest BCUT2D eigenvalue weighted by Gasteiger charge is -2.08. The molecule has 2 aromatic carbocycles. The molecule has 3 aromatic rings. The van der Waals surface area contributed by atoms with E-state index in [0.717, 1.165) is 27.7 Å². The topological polar surface area (TPSA) is 56.9 Å². The quantitative estimate of drug-likeness (QED) is 0.670. The third-order valence-electron chi connectivity index (χ3n) is 3.69. The number of aryl methyl sites for hydroxylation is 1. The SMILES string of the molecule is Cc1cccc(NC(=O)NCCc2c[nH]c3ccc(F)cc23)c1. The molecule has 0 bridgehead atoms. The summed E-state index contributed by atoms with van der Waals surface area (Å²) in [7, 11) is 0. The number of hydrogen-bond donors (Lipinski definition) is 3. The van der Waals surface area contributed by atoms with Crippen LogP contribution in [0.25, 0.3) is 10.9 Å². The van der Waals surface area contributed by atoms with Gasteiger partial charge in [0, 0.05) is 29.3 Å². The molecule has 23 heavy (non-hydrogen) atoms. The number of benzene rings is 2. The molecule has 0 aliphatic rings. The molecule has 0 radical (unpaired) electrons. The van der Waals surface area contributed by atoms with Crippen molar-refractivity contribution in [1.82, 2.24) is 10.3 Å². The Bertz CT molecular complexity index is 841. The van der Waals surface area contributed by atoms with E-state index in [0.29, 0.717) is 13.0 Å². The molecule has 3 N–H and O–H groups in total. The monoisotopic (exact) mass is 311 g/mol. The lowest BCUT2D eigenvalue weighted by atomic mass is 10.1. The summed E-state index contributed by atoms with van der Waals surface area (Å²) in [5.41, 5.74) is 3.72. The van der Waals surface area contributed by atoms with E-state index in [-0.39, 0.29) is 11.8 Å². The first-order valence-corrected chi connectivity index (χ1v) is 7.49. The van der Waals surface area contributed by atoms with Crippen molar-refractivity contribution < 1.29 is 9.18 Å². The summed E-state index contributed by atoms with van der Waals surface area (Å²) in [5, 5.41) is 6.45. The van der Waals surface area contributed by atoms with Gasteiger partial charge in [0.2, 0.25) is 0 Å². The molecule has 2 amide bonds. The minimum absolute atomic E-state index is 0.248. The summed E-state index contributed by atoms with van der Waals surface area (Å²) in [6.45, 7) is 2.44. The van der Waals surface area contributed by atoms with E-state index in [9.17, 15) is 9.18 Å². The van der Waals surface area contributed by atoms with Crippen LogP contribution in [0.5, 0.6) is 0 Å². The number of carbonyl (C=O) groups is 1. The Kier molecular flexibility index (Phi) is 4.28. The summed E-state index contributed by atoms with van der Waals surface area (Å²) < 4.78 is 13.3.